The second kappa shape index (κ2) is 10.2. The highest BCUT2D eigenvalue weighted by Gasteiger charge is 2.19. The maximum Gasteiger partial charge on any atom is 0.260 e. The van der Waals surface area contributed by atoms with E-state index in [0.717, 1.165) is 45.0 Å². The number of amides is 1. The van der Waals surface area contributed by atoms with E-state index in [1.165, 1.54) is 19.3 Å². The number of carbonyl (C=O) groups is 1. The Morgan fingerprint density at radius 3 is 2.46 bits per heavy atom. The highest BCUT2D eigenvalue weighted by atomic mass is 16.5. The lowest BCUT2D eigenvalue weighted by Crippen LogP contribution is -2.48. The van der Waals surface area contributed by atoms with Gasteiger partial charge in [0.25, 0.3) is 5.91 Å². The fourth-order valence-corrected chi connectivity index (χ4v) is 2.66. The van der Waals surface area contributed by atoms with Crippen LogP contribution in [0.15, 0.2) is 24.3 Å². The molecule has 1 heterocycles. The molecule has 5 heteroatoms. The number of piperazine rings is 1. The molecule has 1 aliphatic heterocycles. The summed E-state index contributed by atoms with van der Waals surface area (Å²) in [4.78, 5) is 16.3. The SMILES string of the molecule is CCCCCCOc1cccc(OCC(=O)N2CCN(C)CC2)c1. The standard InChI is InChI=1S/C19H30N2O3/c1-3-4-5-6-14-23-17-8-7-9-18(15-17)24-16-19(22)21-12-10-20(2)11-13-21/h7-9,15H,3-6,10-14,16H2,1-2H3. The van der Waals surface area contributed by atoms with Crippen LogP contribution in [0.5, 0.6) is 11.5 Å². The van der Waals surface area contributed by atoms with Gasteiger partial charge in [0, 0.05) is 32.2 Å². The number of hydrogen-bond donors (Lipinski definition) is 0. The summed E-state index contributed by atoms with van der Waals surface area (Å²) in [5.41, 5.74) is 0. The van der Waals surface area contributed by atoms with Crippen molar-refractivity contribution in [3.8, 4) is 11.5 Å². The molecule has 0 radical (unpaired) electrons. The molecule has 0 atom stereocenters. The summed E-state index contributed by atoms with van der Waals surface area (Å²) in [5.74, 6) is 1.54. The van der Waals surface area contributed by atoms with Gasteiger partial charge < -0.3 is 19.3 Å². The van der Waals surface area contributed by atoms with Crippen molar-refractivity contribution in [1.82, 2.24) is 9.80 Å². The Bertz CT molecular complexity index is 499. The number of unbranched alkanes of at least 4 members (excludes halogenated alkanes) is 3. The zero-order chi connectivity index (χ0) is 17.2. The number of likely N-dealkylation sites (N-methyl/N-ethyl adjacent to an activating group) is 1. The van der Waals surface area contributed by atoms with Crippen LogP contribution in [-0.4, -0.2) is 62.1 Å². The smallest absolute Gasteiger partial charge is 0.260 e. The third kappa shape index (κ3) is 6.40. The molecule has 0 aromatic heterocycles. The third-order valence-electron chi connectivity index (χ3n) is 4.29. The van der Waals surface area contributed by atoms with Crippen LogP contribution < -0.4 is 9.47 Å². The van der Waals surface area contributed by atoms with Crippen LogP contribution in [0.4, 0.5) is 0 Å². The molecule has 0 unspecified atom stereocenters. The average Bonchev–Trinajstić information content (AvgIpc) is 2.60. The second-order valence-electron chi connectivity index (χ2n) is 6.36. The van der Waals surface area contributed by atoms with Gasteiger partial charge in [-0.3, -0.25) is 4.79 Å². The first-order valence-electron chi connectivity index (χ1n) is 9.01. The van der Waals surface area contributed by atoms with E-state index in [-0.39, 0.29) is 12.5 Å². The molecule has 1 amide bonds. The van der Waals surface area contributed by atoms with E-state index in [4.69, 9.17) is 9.47 Å². The summed E-state index contributed by atoms with van der Waals surface area (Å²) >= 11 is 0. The molecule has 1 aromatic carbocycles. The molecule has 1 aromatic rings. The average molecular weight is 334 g/mol. The van der Waals surface area contributed by atoms with Crippen molar-refractivity contribution in [3.05, 3.63) is 24.3 Å². The third-order valence-corrected chi connectivity index (χ3v) is 4.29. The van der Waals surface area contributed by atoms with Gasteiger partial charge in [-0.2, -0.15) is 0 Å². The molecular formula is C19H30N2O3. The number of rotatable bonds is 9. The zero-order valence-corrected chi connectivity index (χ0v) is 15.0. The van der Waals surface area contributed by atoms with Crippen LogP contribution >= 0.6 is 0 Å². The summed E-state index contributed by atoms with van der Waals surface area (Å²) < 4.78 is 11.4. The van der Waals surface area contributed by atoms with E-state index < -0.39 is 0 Å². The normalized spacial score (nSPS) is 15.3. The molecular weight excluding hydrogens is 304 g/mol. The van der Waals surface area contributed by atoms with Gasteiger partial charge in [-0.25, -0.2) is 0 Å². The Morgan fingerprint density at radius 2 is 1.75 bits per heavy atom. The molecule has 5 nitrogen and oxygen atoms in total. The second-order valence-corrected chi connectivity index (χ2v) is 6.36. The van der Waals surface area contributed by atoms with Gasteiger partial charge in [0.05, 0.1) is 6.61 Å². The van der Waals surface area contributed by atoms with Crippen molar-refractivity contribution in [2.24, 2.45) is 0 Å². The highest BCUT2D eigenvalue weighted by molar-refractivity contribution is 5.77. The first-order valence-corrected chi connectivity index (χ1v) is 9.01. The molecule has 1 fully saturated rings. The van der Waals surface area contributed by atoms with Gasteiger partial charge in [-0.15, -0.1) is 0 Å². The van der Waals surface area contributed by atoms with Crippen LogP contribution in [0.2, 0.25) is 0 Å². The summed E-state index contributed by atoms with van der Waals surface area (Å²) in [5, 5.41) is 0. The van der Waals surface area contributed by atoms with Crippen LogP contribution in [0.3, 0.4) is 0 Å². The molecule has 0 bridgehead atoms. The Hall–Kier alpha value is -1.75. The quantitative estimate of drug-likeness (QED) is 0.651. The number of nitrogens with zero attached hydrogens (tertiary/aromatic N) is 2. The molecule has 2 rings (SSSR count). The number of carbonyl (C=O) groups excluding carboxylic acids is 1. The lowest BCUT2D eigenvalue weighted by molar-refractivity contribution is -0.134. The van der Waals surface area contributed by atoms with Gasteiger partial charge in [-0.1, -0.05) is 32.3 Å². The van der Waals surface area contributed by atoms with Crippen LogP contribution in [-0.2, 0) is 4.79 Å². The molecule has 0 saturated carbocycles. The Kier molecular flexibility index (Phi) is 7.89. The topological polar surface area (TPSA) is 42.0 Å². The van der Waals surface area contributed by atoms with Crippen LogP contribution in [0.25, 0.3) is 0 Å². The number of benzene rings is 1. The molecule has 0 N–H and O–H groups in total. The maximum atomic E-state index is 12.2. The molecule has 1 aliphatic rings. The van der Waals surface area contributed by atoms with Crippen LogP contribution in [0, 0.1) is 0 Å². The van der Waals surface area contributed by atoms with Crippen molar-refractivity contribution >= 4 is 5.91 Å². The van der Waals surface area contributed by atoms with Crippen molar-refractivity contribution in [2.75, 3.05) is 46.4 Å². The van der Waals surface area contributed by atoms with Gasteiger partial charge in [0.2, 0.25) is 0 Å². The predicted octanol–water partition coefficient (Wildman–Crippen LogP) is 2.80. The predicted molar refractivity (Wildman–Crippen MR) is 95.7 cm³/mol. The largest absolute Gasteiger partial charge is 0.493 e. The van der Waals surface area contributed by atoms with Crippen molar-refractivity contribution in [2.45, 2.75) is 32.6 Å². The van der Waals surface area contributed by atoms with E-state index in [1.807, 2.05) is 29.2 Å². The Morgan fingerprint density at radius 1 is 1.04 bits per heavy atom. The van der Waals surface area contributed by atoms with E-state index in [9.17, 15) is 4.79 Å². The van der Waals surface area contributed by atoms with Gasteiger partial charge in [0.1, 0.15) is 11.5 Å². The monoisotopic (exact) mass is 334 g/mol. The fraction of sp³-hybridized carbons (Fsp3) is 0.632. The minimum atomic E-state index is 0.0500. The summed E-state index contributed by atoms with van der Waals surface area (Å²) in [6.45, 7) is 6.41. The Balaban J connectivity index is 1.72. The van der Waals surface area contributed by atoms with E-state index >= 15 is 0 Å². The summed E-state index contributed by atoms with van der Waals surface area (Å²) in [6.07, 6.45) is 4.75. The van der Waals surface area contributed by atoms with Crippen molar-refractivity contribution in [1.29, 1.82) is 0 Å². The minimum absolute atomic E-state index is 0.0500. The van der Waals surface area contributed by atoms with E-state index in [1.54, 1.807) is 0 Å². The molecule has 0 spiro atoms. The number of hydrogen-bond acceptors (Lipinski definition) is 4. The maximum absolute atomic E-state index is 12.2. The fourth-order valence-electron chi connectivity index (χ4n) is 2.66. The first kappa shape index (κ1) is 18.6. The Labute approximate surface area is 145 Å². The molecule has 134 valence electrons. The van der Waals surface area contributed by atoms with E-state index in [0.29, 0.717) is 5.75 Å². The van der Waals surface area contributed by atoms with Crippen molar-refractivity contribution < 1.29 is 14.3 Å². The lowest BCUT2D eigenvalue weighted by Gasteiger charge is -2.32. The van der Waals surface area contributed by atoms with Gasteiger partial charge >= 0.3 is 0 Å². The molecule has 0 aliphatic carbocycles. The molecule has 24 heavy (non-hydrogen) atoms. The summed E-state index contributed by atoms with van der Waals surface area (Å²) in [6, 6.07) is 7.55. The first-order chi connectivity index (χ1) is 11.7. The number of ether oxygens (including phenoxy) is 2. The van der Waals surface area contributed by atoms with Gasteiger partial charge in [-0.05, 0) is 25.6 Å². The highest BCUT2D eigenvalue weighted by Crippen LogP contribution is 2.20. The summed E-state index contributed by atoms with van der Waals surface area (Å²) in [7, 11) is 2.08. The zero-order valence-electron chi connectivity index (χ0n) is 15.0. The van der Waals surface area contributed by atoms with Gasteiger partial charge in [0.15, 0.2) is 6.61 Å². The van der Waals surface area contributed by atoms with Crippen LogP contribution in [0.1, 0.15) is 32.6 Å². The molecule has 1 saturated heterocycles. The minimum Gasteiger partial charge on any atom is -0.493 e. The lowest BCUT2D eigenvalue weighted by atomic mass is 10.2. The van der Waals surface area contributed by atoms with Crippen molar-refractivity contribution in [3.63, 3.8) is 0 Å². The van der Waals surface area contributed by atoms with E-state index in [2.05, 4.69) is 18.9 Å².